The molecule has 0 bridgehead atoms. The highest BCUT2D eigenvalue weighted by Gasteiger charge is 2.34. The molecular weight excluding hydrogens is 344 g/mol. The van der Waals surface area contributed by atoms with Gasteiger partial charge in [0.25, 0.3) is 0 Å². The zero-order valence-electron chi connectivity index (χ0n) is 15.4. The average Bonchev–Trinajstić information content (AvgIpc) is 2.68. The van der Waals surface area contributed by atoms with Crippen LogP contribution in [0.5, 0.6) is 5.75 Å². The number of carbonyl (C=O) groups excluding carboxylic acids is 3. The van der Waals surface area contributed by atoms with E-state index in [0.717, 1.165) is 13.1 Å². The topological polar surface area (TPSA) is 86.7 Å². The predicted molar refractivity (Wildman–Crippen MR) is 102 cm³/mol. The van der Waals surface area contributed by atoms with Crippen LogP contribution in [0.25, 0.3) is 0 Å². The molecule has 27 heavy (non-hydrogen) atoms. The van der Waals surface area contributed by atoms with Crippen LogP contribution in [0.15, 0.2) is 36.4 Å². The van der Waals surface area contributed by atoms with Crippen molar-refractivity contribution in [3.05, 3.63) is 58.7 Å². The Labute approximate surface area is 157 Å². The molecule has 1 amide bonds. The molecule has 140 valence electrons. The number of fused-ring (bicyclic) bond motifs is 2. The van der Waals surface area contributed by atoms with Crippen LogP contribution in [0.1, 0.15) is 52.1 Å². The fraction of sp³-hybridized carbons (Fsp3) is 0.286. The Kier molecular flexibility index (Phi) is 5.37. The molecule has 1 aliphatic carbocycles. The summed E-state index contributed by atoms with van der Waals surface area (Å²) in [6.45, 7) is 6.36. The smallest absolute Gasteiger partial charge is 0.225 e. The number of rotatable bonds is 6. The Hall–Kier alpha value is -2.99. The Morgan fingerprint density at radius 2 is 1.56 bits per heavy atom. The summed E-state index contributed by atoms with van der Waals surface area (Å²) in [5.41, 5.74) is 0.782. The molecular formula is C21H22N2O4. The third-order valence-electron chi connectivity index (χ3n) is 4.88. The van der Waals surface area contributed by atoms with Crippen molar-refractivity contribution in [1.29, 1.82) is 0 Å². The van der Waals surface area contributed by atoms with Gasteiger partial charge in [-0.2, -0.15) is 0 Å². The molecule has 6 nitrogen and oxygen atoms in total. The Morgan fingerprint density at radius 1 is 0.963 bits per heavy atom. The summed E-state index contributed by atoms with van der Waals surface area (Å²) in [6, 6.07) is 9.29. The van der Waals surface area contributed by atoms with E-state index in [1.807, 2.05) is 13.8 Å². The number of phenols is 1. The van der Waals surface area contributed by atoms with E-state index >= 15 is 0 Å². The molecule has 0 saturated heterocycles. The first-order valence-electron chi connectivity index (χ1n) is 9.04. The van der Waals surface area contributed by atoms with Crippen LogP contribution in [-0.2, 0) is 4.79 Å². The summed E-state index contributed by atoms with van der Waals surface area (Å²) in [5, 5.41) is 12.9. The van der Waals surface area contributed by atoms with Crippen molar-refractivity contribution in [1.82, 2.24) is 4.90 Å². The van der Waals surface area contributed by atoms with Gasteiger partial charge in [0.2, 0.25) is 5.91 Å². The van der Waals surface area contributed by atoms with Crippen LogP contribution in [0.3, 0.4) is 0 Å². The number of nitrogens with zero attached hydrogens (tertiary/aromatic N) is 1. The third-order valence-corrected chi connectivity index (χ3v) is 4.88. The molecule has 6 heteroatoms. The van der Waals surface area contributed by atoms with Gasteiger partial charge in [-0.05, 0) is 25.2 Å². The molecule has 3 rings (SSSR count). The highest BCUT2D eigenvalue weighted by Crippen LogP contribution is 2.36. The largest absolute Gasteiger partial charge is 0.507 e. The van der Waals surface area contributed by atoms with E-state index in [9.17, 15) is 19.5 Å². The number of nitrogens with one attached hydrogen (secondary N) is 1. The monoisotopic (exact) mass is 366 g/mol. The normalized spacial score (nSPS) is 12.7. The van der Waals surface area contributed by atoms with Crippen LogP contribution in [0, 0.1) is 0 Å². The standard InChI is InChI=1S/C21H22N2O4/c1-3-23(4-2)12-11-17(25)22-15-9-10-16(24)19-18(15)20(26)13-7-5-6-8-14(13)21(19)27/h5-10,24H,3-4,11-12H2,1-2H3,(H,22,25). The molecule has 1 aliphatic rings. The number of carbonyl (C=O) groups is 3. The van der Waals surface area contributed by atoms with Crippen molar-refractivity contribution in [3.8, 4) is 5.75 Å². The number of aromatic hydroxyl groups is 1. The Balaban J connectivity index is 1.92. The average molecular weight is 366 g/mol. The molecule has 0 atom stereocenters. The Bertz CT molecular complexity index is 916. The Morgan fingerprint density at radius 3 is 2.15 bits per heavy atom. The molecule has 0 saturated carbocycles. The van der Waals surface area contributed by atoms with Gasteiger partial charge < -0.3 is 15.3 Å². The number of hydrogen-bond acceptors (Lipinski definition) is 5. The van der Waals surface area contributed by atoms with Gasteiger partial charge in [0.15, 0.2) is 11.6 Å². The zero-order chi connectivity index (χ0) is 19.6. The van der Waals surface area contributed by atoms with Gasteiger partial charge in [0.05, 0.1) is 16.8 Å². The van der Waals surface area contributed by atoms with E-state index in [2.05, 4.69) is 10.2 Å². The zero-order valence-corrected chi connectivity index (χ0v) is 15.4. The second-order valence-electron chi connectivity index (χ2n) is 6.41. The second-order valence-corrected chi connectivity index (χ2v) is 6.41. The molecule has 0 fully saturated rings. The van der Waals surface area contributed by atoms with Crippen molar-refractivity contribution in [3.63, 3.8) is 0 Å². The fourth-order valence-electron chi connectivity index (χ4n) is 3.32. The van der Waals surface area contributed by atoms with Gasteiger partial charge in [-0.1, -0.05) is 38.1 Å². The van der Waals surface area contributed by atoms with Gasteiger partial charge >= 0.3 is 0 Å². The van der Waals surface area contributed by atoms with Gasteiger partial charge in [0, 0.05) is 24.1 Å². The van der Waals surface area contributed by atoms with E-state index in [1.54, 1.807) is 24.3 Å². The number of ketones is 2. The first kappa shape index (κ1) is 18.8. The third kappa shape index (κ3) is 3.48. The van der Waals surface area contributed by atoms with Gasteiger partial charge in [-0.3, -0.25) is 14.4 Å². The number of hydrogen-bond donors (Lipinski definition) is 2. The summed E-state index contributed by atoms with van der Waals surface area (Å²) in [5.74, 6) is -1.31. The maximum Gasteiger partial charge on any atom is 0.225 e. The van der Waals surface area contributed by atoms with Crippen LogP contribution in [0.4, 0.5) is 5.69 Å². The molecule has 0 aromatic heterocycles. The van der Waals surface area contributed by atoms with E-state index in [-0.39, 0.29) is 51.8 Å². The molecule has 2 aromatic rings. The van der Waals surface area contributed by atoms with E-state index in [1.165, 1.54) is 12.1 Å². The van der Waals surface area contributed by atoms with E-state index in [0.29, 0.717) is 6.54 Å². The summed E-state index contributed by atoms with van der Waals surface area (Å²) < 4.78 is 0. The van der Waals surface area contributed by atoms with Crippen molar-refractivity contribution in [2.45, 2.75) is 20.3 Å². The summed E-state index contributed by atoms with van der Waals surface area (Å²) >= 11 is 0. The minimum atomic E-state index is -0.419. The quantitative estimate of drug-likeness (QED) is 0.655. The van der Waals surface area contributed by atoms with Crippen LogP contribution in [-0.4, -0.2) is 47.1 Å². The van der Waals surface area contributed by atoms with Crippen molar-refractivity contribution in [2.24, 2.45) is 0 Å². The molecule has 2 N–H and O–H groups in total. The second kappa shape index (κ2) is 7.72. The lowest BCUT2D eigenvalue weighted by Gasteiger charge is -2.22. The van der Waals surface area contributed by atoms with Crippen molar-refractivity contribution >= 4 is 23.2 Å². The predicted octanol–water partition coefficient (Wildman–Crippen LogP) is 2.84. The molecule has 0 spiro atoms. The maximum absolute atomic E-state index is 12.9. The summed E-state index contributed by atoms with van der Waals surface area (Å²) in [4.78, 5) is 40.2. The van der Waals surface area contributed by atoms with Crippen LogP contribution >= 0.6 is 0 Å². The lowest BCUT2D eigenvalue weighted by molar-refractivity contribution is -0.116. The first-order chi connectivity index (χ1) is 13.0. The van der Waals surface area contributed by atoms with E-state index in [4.69, 9.17) is 0 Å². The van der Waals surface area contributed by atoms with Crippen molar-refractivity contribution < 1.29 is 19.5 Å². The minimum Gasteiger partial charge on any atom is -0.507 e. The highest BCUT2D eigenvalue weighted by molar-refractivity contribution is 6.31. The SMILES string of the molecule is CCN(CC)CCC(=O)Nc1ccc(O)c2c1C(=O)c1ccccc1C2=O. The first-order valence-corrected chi connectivity index (χ1v) is 9.04. The molecule has 0 heterocycles. The van der Waals surface area contributed by atoms with Crippen molar-refractivity contribution in [2.75, 3.05) is 25.0 Å². The molecule has 2 aromatic carbocycles. The van der Waals surface area contributed by atoms with E-state index < -0.39 is 5.78 Å². The van der Waals surface area contributed by atoms with Gasteiger partial charge in [-0.25, -0.2) is 0 Å². The van der Waals surface area contributed by atoms with Gasteiger partial charge in [0.1, 0.15) is 5.75 Å². The molecule has 0 unspecified atom stereocenters. The molecule has 0 radical (unpaired) electrons. The number of benzene rings is 2. The maximum atomic E-state index is 12.9. The number of amides is 1. The molecule has 0 aliphatic heterocycles. The summed E-state index contributed by atoms with van der Waals surface area (Å²) in [7, 11) is 0. The lowest BCUT2D eigenvalue weighted by atomic mass is 9.82. The highest BCUT2D eigenvalue weighted by atomic mass is 16.3. The lowest BCUT2D eigenvalue weighted by Crippen LogP contribution is -2.28. The van der Waals surface area contributed by atoms with Crippen LogP contribution < -0.4 is 5.32 Å². The van der Waals surface area contributed by atoms with Gasteiger partial charge in [-0.15, -0.1) is 0 Å². The van der Waals surface area contributed by atoms with Crippen LogP contribution in [0.2, 0.25) is 0 Å². The number of anilines is 1. The fourth-order valence-corrected chi connectivity index (χ4v) is 3.32. The number of phenolic OH excluding ortho intramolecular Hbond substituents is 1. The summed E-state index contributed by atoms with van der Waals surface area (Å²) in [6.07, 6.45) is 0.274. The minimum absolute atomic E-state index is 0.0508.